The molecule has 142 valence electrons. The Morgan fingerprint density at radius 2 is 2.08 bits per heavy atom. The number of amides is 1. The second-order valence-electron chi connectivity index (χ2n) is 7.74. The number of furan rings is 1. The summed E-state index contributed by atoms with van der Waals surface area (Å²) in [5.41, 5.74) is 2.06. The Kier molecular flexibility index (Phi) is 5.81. The highest BCUT2D eigenvalue weighted by Crippen LogP contribution is 2.25. The number of aromatic nitrogens is 2. The van der Waals surface area contributed by atoms with Gasteiger partial charge in [0.05, 0.1) is 12.2 Å². The highest BCUT2D eigenvalue weighted by atomic mass is 16.4. The summed E-state index contributed by atoms with van der Waals surface area (Å²) in [5, 5.41) is 7.64. The third-order valence-electron chi connectivity index (χ3n) is 5.12. The summed E-state index contributed by atoms with van der Waals surface area (Å²) in [6, 6.07) is 5.89. The molecule has 1 N–H and O–H groups in total. The molecule has 0 spiro atoms. The Hall–Kier alpha value is -2.08. The van der Waals surface area contributed by atoms with Gasteiger partial charge in [0.25, 0.3) is 5.91 Å². The lowest BCUT2D eigenvalue weighted by Crippen LogP contribution is -2.45. The fraction of sp³-hybridized carbons (Fsp3) is 0.600. The quantitative estimate of drug-likeness (QED) is 0.862. The van der Waals surface area contributed by atoms with Crippen molar-refractivity contribution in [2.75, 3.05) is 20.6 Å². The molecule has 2 aromatic rings. The first-order valence-electron chi connectivity index (χ1n) is 9.47. The van der Waals surface area contributed by atoms with E-state index in [1.165, 1.54) is 19.3 Å². The zero-order valence-corrected chi connectivity index (χ0v) is 16.3. The fourth-order valence-electron chi connectivity index (χ4n) is 3.89. The van der Waals surface area contributed by atoms with E-state index in [-0.39, 0.29) is 11.9 Å². The Morgan fingerprint density at radius 1 is 1.31 bits per heavy atom. The molecule has 1 fully saturated rings. The SMILES string of the molecule is Cc1cc(C)n(Cc2ccc(C(=O)NC3CCCCC3CN(C)C)o2)n1. The van der Waals surface area contributed by atoms with E-state index in [0.717, 1.165) is 30.1 Å². The maximum atomic E-state index is 12.6. The smallest absolute Gasteiger partial charge is 0.287 e. The van der Waals surface area contributed by atoms with Crippen molar-refractivity contribution >= 4 is 5.91 Å². The summed E-state index contributed by atoms with van der Waals surface area (Å²) in [5.74, 6) is 1.53. The second-order valence-corrected chi connectivity index (χ2v) is 7.74. The molecule has 0 aromatic carbocycles. The normalized spacial score (nSPS) is 20.5. The van der Waals surface area contributed by atoms with Gasteiger partial charge in [-0.2, -0.15) is 5.10 Å². The van der Waals surface area contributed by atoms with Crippen LogP contribution < -0.4 is 5.32 Å². The third kappa shape index (κ3) is 4.55. The van der Waals surface area contributed by atoms with Crippen LogP contribution in [0.5, 0.6) is 0 Å². The Morgan fingerprint density at radius 3 is 2.77 bits per heavy atom. The zero-order valence-electron chi connectivity index (χ0n) is 16.3. The Labute approximate surface area is 155 Å². The van der Waals surface area contributed by atoms with Gasteiger partial charge >= 0.3 is 0 Å². The van der Waals surface area contributed by atoms with Crippen molar-refractivity contribution in [3.8, 4) is 0 Å². The van der Waals surface area contributed by atoms with Crippen molar-refractivity contribution in [3.63, 3.8) is 0 Å². The van der Waals surface area contributed by atoms with Crippen LogP contribution in [0.3, 0.4) is 0 Å². The molecule has 1 amide bonds. The first-order valence-corrected chi connectivity index (χ1v) is 9.47. The topological polar surface area (TPSA) is 63.3 Å². The molecular weight excluding hydrogens is 328 g/mol. The predicted octanol–water partition coefficient (Wildman–Crippen LogP) is 2.99. The van der Waals surface area contributed by atoms with E-state index in [1.54, 1.807) is 6.07 Å². The van der Waals surface area contributed by atoms with E-state index in [1.807, 2.05) is 30.7 Å². The van der Waals surface area contributed by atoms with Gasteiger partial charge < -0.3 is 14.6 Å². The van der Waals surface area contributed by atoms with Gasteiger partial charge in [-0.15, -0.1) is 0 Å². The van der Waals surface area contributed by atoms with Gasteiger partial charge in [-0.3, -0.25) is 9.48 Å². The van der Waals surface area contributed by atoms with Crippen molar-refractivity contribution in [2.24, 2.45) is 5.92 Å². The van der Waals surface area contributed by atoms with E-state index < -0.39 is 0 Å². The standard InChI is InChI=1S/C20H30N4O2/c1-14-11-15(2)24(22-14)13-17-9-10-19(26-17)20(25)21-18-8-6-5-7-16(18)12-23(3)4/h9-11,16,18H,5-8,12-13H2,1-4H3,(H,21,25). The lowest BCUT2D eigenvalue weighted by Gasteiger charge is -2.33. The lowest BCUT2D eigenvalue weighted by atomic mass is 9.84. The van der Waals surface area contributed by atoms with Gasteiger partial charge in [0, 0.05) is 18.3 Å². The van der Waals surface area contributed by atoms with Gasteiger partial charge in [-0.05, 0) is 64.9 Å². The summed E-state index contributed by atoms with van der Waals surface area (Å²) in [6.07, 6.45) is 4.64. The Balaban J connectivity index is 1.63. The second kappa shape index (κ2) is 8.08. The summed E-state index contributed by atoms with van der Waals surface area (Å²) in [6.45, 7) is 5.54. The van der Waals surface area contributed by atoms with Crippen LogP contribution in [-0.2, 0) is 6.54 Å². The zero-order chi connectivity index (χ0) is 18.7. The average Bonchev–Trinajstić information content (AvgIpc) is 3.16. The number of hydrogen-bond acceptors (Lipinski definition) is 4. The molecule has 0 aliphatic heterocycles. The average molecular weight is 358 g/mol. The minimum atomic E-state index is -0.111. The van der Waals surface area contributed by atoms with Gasteiger partial charge in [-0.25, -0.2) is 0 Å². The predicted molar refractivity (Wildman–Crippen MR) is 101 cm³/mol. The van der Waals surface area contributed by atoms with Crippen LogP contribution in [0.15, 0.2) is 22.6 Å². The van der Waals surface area contributed by atoms with Gasteiger partial charge in [-0.1, -0.05) is 12.8 Å². The number of carbonyl (C=O) groups is 1. The maximum absolute atomic E-state index is 12.6. The molecule has 2 unspecified atom stereocenters. The largest absolute Gasteiger partial charge is 0.454 e. The van der Waals surface area contributed by atoms with Crippen LogP contribution in [-0.4, -0.2) is 47.3 Å². The van der Waals surface area contributed by atoms with Crippen molar-refractivity contribution in [3.05, 3.63) is 41.1 Å². The van der Waals surface area contributed by atoms with Crippen LogP contribution in [0.1, 0.15) is 53.4 Å². The molecule has 1 aliphatic rings. The van der Waals surface area contributed by atoms with Crippen molar-refractivity contribution in [1.29, 1.82) is 0 Å². The van der Waals surface area contributed by atoms with Crippen LogP contribution in [0, 0.1) is 19.8 Å². The number of rotatable bonds is 6. The minimum absolute atomic E-state index is 0.111. The van der Waals surface area contributed by atoms with Crippen LogP contribution in [0.2, 0.25) is 0 Å². The van der Waals surface area contributed by atoms with Gasteiger partial charge in [0.1, 0.15) is 5.76 Å². The minimum Gasteiger partial charge on any atom is -0.454 e. The van der Waals surface area contributed by atoms with Crippen molar-refractivity contribution in [2.45, 2.75) is 52.1 Å². The van der Waals surface area contributed by atoms with Crippen molar-refractivity contribution in [1.82, 2.24) is 20.0 Å². The summed E-state index contributed by atoms with van der Waals surface area (Å²) in [4.78, 5) is 14.8. The van der Waals surface area contributed by atoms with Crippen LogP contribution >= 0.6 is 0 Å². The molecule has 0 saturated heterocycles. The molecule has 2 aromatic heterocycles. The Bertz CT molecular complexity index is 747. The number of carbonyl (C=O) groups excluding carboxylic acids is 1. The lowest BCUT2D eigenvalue weighted by molar-refractivity contribution is 0.0865. The first-order chi connectivity index (χ1) is 12.4. The van der Waals surface area contributed by atoms with E-state index >= 15 is 0 Å². The molecule has 2 atom stereocenters. The molecular formula is C20H30N4O2. The number of aryl methyl sites for hydroxylation is 2. The summed E-state index contributed by atoms with van der Waals surface area (Å²) in [7, 11) is 4.18. The molecule has 3 rings (SSSR count). The molecule has 1 saturated carbocycles. The maximum Gasteiger partial charge on any atom is 0.287 e. The number of nitrogens with one attached hydrogen (secondary N) is 1. The molecule has 6 nitrogen and oxygen atoms in total. The highest BCUT2D eigenvalue weighted by Gasteiger charge is 2.28. The number of nitrogens with zero attached hydrogens (tertiary/aromatic N) is 3. The van der Waals surface area contributed by atoms with Gasteiger partial charge in [0.15, 0.2) is 5.76 Å². The first kappa shape index (κ1) is 18.7. The van der Waals surface area contributed by atoms with Crippen molar-refractivity contribution < 1.29 is 9.21 Å². The van der Waals surface area contributed by atoms with E-state index in [0.29, 0.717) is 18.2 Å². The monoisotopic (exact) mass is 358 g/mol. The molecule has 0 bridgehead atoms. The number of hydrogen-bond donors (Lipinski definition) is 1. The summed E-state index contributed by atoms with van der Waals surface area (Å²) < 4.78 is 7.68. The fourth-order valence-corrected chi connectivity index (χ4v) is 3.89. The van der Waals surface area contributed by atoms with Crippen LogP contribution in [0.25, 0.3) is 0 Å². The molecule has 6 heteroatoms. The molecule has 2 heterocycles. The molecule has 0 radical (unpaired) electrons. The van der Waals surface area contributed by atoms with E-state index in [4.69, 9.17) is 4.42 Å². The van der Waals surface area contributed by atoms with Crippen LogP contribution in [0.4, 0.5) is 0 Å². The van der Waals surface area contributed by atoms with E-state index in [9.17, 15) is 4.79 Å². The van der Waals surface area contributed by atoms with E-state index in [2.05, 4.69) is 29.4 Å². The molecule has 1 aliphatic carbocycles. The molecule has 26 heavy (non-hydrogen) atoms. The third-order valence-corrected chi connectivity index (χ3v) is 5.12. The highest BCUT2D eigenvalue weighted by molar-refractivity contribution is 5.91. The summed E-state index contributed by atoms with van der Waals surface area (Å²) >= 11 is 0. The van der Waals surface area contributed by atoms with Gasteiger partial charge in [0.2, 0.25) is 0 Å².